The highest BCUT2D eigenvalue weighted by Gasteiger charge is 2.35. The summed E-state index contributed by atoms with van der Waals surface area (Å²) in [4.78, 5) is 10.4. The first-order valence-corrected chi connectivity index (χ1v) is 5.48. The van der Waals surface area contributed by atoms with E-state index < -0.39 is 18.1 Å². The van der Waals surface area contributed by atoms with Gasteiger partial charge in [-0.25, -0.2) is 0 Å². The van der Waals surface area contributed by atoms with Gasteiger partial charge in [-0.1, -0.05) is 30.8 Å². The monoisotopic (exact) mass is 233 g/mol. The molecule has 17 heavy (non-hydrogen) atoms. The third-order valence-electron chi connectivity index (χ3n) is 3.17. The van der Waals surface area contributed by atoms with Crippen LogP contribution in [-0.2, 0) is 11.2 Å². The summed E-state index contributed by atoms with van der Waals surface area (Å²) >= 11 is 0. The minimum absolute atomic E-state index is 0.402. The fourth-order valence-corrected chi connectivity index (χ4v) is 2.33. The van der Waals surface area contributed by atoms with Gasteiger partial charge in [0.15, 0.2) is 0 Å². The van der Waals surface area contributed by atoms with Gasteiger partial charge in [0, 0.05) is 12.1 Å². The first-order chi connectivity index (χ1) is 8.15. The van der Waals surface area contributed by atoms with Crippen LogP contribution in [-0.4, -0.2) is 28.8 Å². The van der Waals surface area contributed by atoms with Gasteiger partial charge in [0.05, 0.1) is 18.1 Å². The van der Waals surface area contributed by atoms with Gasteiger partial charge < -0.3 is 15.5 Å². The molecule has 0 spiro atoms. The molecule has 0 heterocycles. The normalized spacial score (nSPS) is 27.1. The number of hydrogen-bond acceptors (Lipinski definition) is 3. The number of hydrogen-bond donors (Lipinski definition) is 3. The van der Waals surface area contributed by atoms with Crippen molar-refractivity contribution in [1.82, 2.24) is 5.32 Å². The molecule has 0 saturated heterocycles. The first-order valence-electron chi connectivity index (χ1n) is 5.48. The fraction of sp³-hybridized carbons (Fsp3) is 0.308. The number of aliphatic hydroxyl groups is 2. The Kier molecular flexibility index (Phi) is 3.26. The van der Waals surface area contributed by atoms with Crippen molar-refractivity contribution < 1.29 is 15.0 Å². The number of rotatable bonds is 3. The number of fused-ring (bicyclic) bond motifs is 1. The van der Waals surface area contributed by atoms with Crippen LogP contribution in [0.3, 0.4) is 0 Å². The van der Waals surface area contributed by atoms with E-state index in [9.17, 15) is 15.0 Å². The summed E-state index contributed by atoms with van der Waals surface area (Å²) in [7, 11) is 0. The quantitative estimate of drug-likeness (QED) is 0.658. The average Bonchev–Trinajstić information content (AvgIpc) is 2.31. The van der Waals surface area contributed by atoms with Gasteiger partial charge in [-0.3, -0.25) is 4.79 Å². The molecule has 4 heteroatoms. The molecule has 1 aliphatic carbocycles. The zero-order chi connectivity index (χ0) is 12.4. The van der Waals surface area contributed by atoms with Crippen LogP contribution in [0.4, 0.5) is 0 Å². The Morgan fingerprint density at radius 3 is 2.82 bits per heavy atom. The summed E-state index contributed by atoms with van der Waals surface area (Å²) < 4.78 is 0. The number of benzene rings is 1. The molecule has 0 aromatic heterocycles. The van der Waals surface area contributed by atoms with Gasteiger partial charge in [0.1, 0.15) is 0 Å². The Morgan fingerprint density at radius 2 is 2.12 bits per heavy atom. The molecule has 0 fully saturated rings. The van der Waals surface area contributed by atoms with Crippen LogP contribution in [0.2, 0.25) is 0 Å². The highest BCUT2D eigenvalue weighted by Crippen LogP contribution is 2.35. The largest absolute Gasteiger partial charge is 0.390 e. The molecule has 3 N–H and O–H groups in total. The Balaban J connectivity index is 2.41. The average molecular weight is 233 g/mol. The molecule has 2 rings (SSSR count). The van der Waals surface area contributed by atoms with Gasteiger partial charge in [-0.15, -0.1) is 0 Å². The van der Waals surface area contributed by atoms with Crippen molar-refractivity contribution in [2.24, 2.45) is 0 Å². The predicted molar refractivity (Wildman–Crippen MR) is 63.2 cm³/mol. The molecular weight excluding hydrogens is 218 g/mol. The van der Waals surface area contributed by atoms with Crippen molar-refractivity contribution in [2.75, 3.05) is 0 Å². The standard InChI is InChI=1S/C13H15NO3/c1-8(14-7-15)12-10-5-3-2-4-9(10)6-11(16)13(12)17/h2-5,7,11-13,16-17H,1,6H2,(H,14,15). The van der Waals surface area contributed by atoms with Crippen molar-refractivity contribution >= 4 is 6.41 Å². The van der Waals surface area contributed by atoms with Crippen molar-refractivity contribution in [1.29, 1.82) is 0 Å². The lowest BCUT2D eigenvalue weighted by Crippen LogP contribution is -2.41. The zero-order valence-electron chi connectivity index (χ0n) is 9.34. The van der Waals surface area contributed by atoms with Crippen LogP contribution in [0.25, 0.3) is 0 Å². The van der Waals surface area contributed by atoms with E-state index in [4.69, 9.17) is 0 Å². The van der Waals surface area contributed by atoms with Gasteiger partial charge in [-0.2, -0.15) is 0 Å². The van der Waals surface area contributed by atoms with E-state index in [-0.39, 0.29) is 0 Å². The summed E-state index contributed by atoms with van der Waals surface area (Å²) in [5.41, 5.74) is 2.28. The van der Waals surface area contributed by atoms with Crippen LogP contribution in [0.1, 0.15) is 17.0 Å². The molecule has 3 unspecified atom stereocenters. The molecule has 1 aromatic rings. The van der Waals surface area contributed by atoms with Crippen LogP contribution >= 0.6 is 0 Å². The van der Waals surface area contributed by atoms with Gasteiger partial charge in [0.2, 0.25) is 6.41 Å². The molecule has 4 nitrogen and oxygen atoms in total. The Labute approximate surface area is 99.6 Å². The van der Waals surface area contributed by atoms with Gasteiger partial charge in [-0.05, 0) is 11.1 Å². The second-order valence-corrected chi connectivity index (χ2v) is 4.23. The van der Waals surface area contributed by atoms with Crippen LogP contribution in [0, 0.1) is 0 Å². The molecule has 1 aromatic carbocycles. The number of nitrogens with one attached hydrogen (secondary N) is 1. The predicted octanol–water partition coefficient (Wildman–Crippen LogP) is 0.308. The van der Waals surface area contributed by atoms with Crippen molar-refractivity contribution in [3.05, 3.63) is 47.7 Å². The Morgan fingerprint density at radius 1 is 1.41 bits per heavy atom. The summed E-state index contributed by atoms with van der Waals surface area (Å²) in [5, 5.41) is 22.3. The van der Waals surface area contributed by atoms with Crippen LogP contribution < -0.4 is 5.32 Å². The van der Waals surface area contributed by atoms with Crippen LogP contribution in [0.5, 0.6) is 0 Å². The van der Waals surface area contributed by atoms with E-state index >= 15 is 0 Å². The molecular formula is C13H15NO3. The molecule has 0 aliphatic heterocycles. The molecule has 0 saturated carbocycles. The maximum Gasteiger partial charge on any atom is 0.211 e. The first kappa shape index (κ1) is 11.8. The van der Waals surface area contributed by atoms with Crippen molar-refractivity contribution in [2.45, 2.75) is 24.5 Å². The molecule has 3 atom stereocenters. The van der Waals surface area contributed by atoms with Gasteiger partial charge in [0.25, 0.3) is 0 Å². The summed E-state index contributed by atoms with van der Waals surface area (Å²) in [6.45, 7) is 3.74. The van der Waals surface area contributed by atoms with E-state index in [1.807, 2.05) is 24.3 Å². The summed E-state index contributed by atoms with van der Waals surface area (Å²) in [5.74, 6) is -0.458. The molecule has 1 amide bonds. The maximum absolute atomic E-state index is 10.4. The lowest BCUT2D eigenvalue weighted by Gasteiger charge is -2.34. The van der Waals surface area contributed by atoms with E-state index in [2.05, 4.69) is 11.9 Å². The highest BCUT2D eigenvalue weighted by atomic mass is 16.3. The summed E-state index contributed by atoms with van der Waals surface area (Å²) in [6, 6.07) is 7.54. The number of amides is 1. The van der Waals surface area contributed by atoms with E-state index in [1.54, 1.807) is 0 Å². The van der Waals surface area contributed by atoms with Crippen molar-refractivity contribution in [3.8, 4) is 0 Å². The summed E-state index contributed by atoms with van der Waals surface area (Å²) in [6.07, 6.45) is -0.828. The van der Waals surface area contributed by atoms with E-state index in [1.165, 1.54) is 0 Å². The fourth-order valence-electron chi connectivity index (χ4n) is 2.33. The smallest absolute Gasteiger partial charge is 0.211 e. The Hall–Kier alpha value is -1.65. The lowest BCUT2D eigenvalue weighted by molar-refractivity contribution is -0.109. The number of carbonyl (C=O) groups is 1. The lowest BCUT2D eigenvalue weighted by atomic mass is 9.77. The van der Waals surface area contributed by atoms with E-state index in [0.717, 1.165) is 11.1 Å². The molecule has 90 valence electrons. The zero-order valence-corrected chi connectivity index (χ0v) is 9.34. The van der Waals surface area contributed by atoms with Crippen LogP contribution in [0.15, 0.2) is 36.5 Å². The molecule has 0 bridgehead atoms. The number of aliphatic hydroxyl groups excluding tert-OH is 2. The van der Waals surface area contributed by atoms with Crippen molar-refractivity contribution in [3.63, 3.8) is 0 Å². The highest BCUT2D eigenvalue weighted by molar-refractivity contribution is 5.52. The van der Waals surface area contributed by atoms with E-state index in [0.29, 0.717) is 18.5 Å². The Bertz CT molecular complexity index is 444. The second kappa shape index (κ2) is 4.69. The van der Waals surface area contributed by atoms with Gasteiger partial charge >= 0.3 is 0 Å². The topological polar surface area (TPSA) is 69.6 Å². The molecule has 1 aliphatic rings. The third-order valence-corrected chi connectivity index (χ3v) is 3.17. The minimum atomic E-state index is -0.940. The number of carbonyl (C=O) groups excluding carboxylic acids is 1. The third kappa shape index (κ3) is 2.09. The maximum atomic E-state index is 10.4. The minimum Gasteiger partial charge on any atom is -0.390 e. The second-order valence-electron chi connectivity index (χ2n) is 4.23. The SMILES string of the molecule is C=C(NC=O)C1c2ccccc2CC(O)C1O. The molecule has 0 radical (unpaired) electrons.